The smallest absolute Gasteiger partial charge is 0.220 e. The quantitative estimate of drug-likeness (QED) is 0.886. The molecule has 20 heavy (non-hydrogen) atoms. The number of piperidine rings is 1. The Bertz CT molecular complexity index is 454. The van der Waals surface area contributed by atoms with E-state index in [2.05, 4.69) is 10.6 Å². The summed E-state index contributed by atoms with van der Waals surface area (Å²) < 4.78 is 0.777. The van der Waals surface area contributed by atoms with E-state index in [9.17, 15) is 4.79 Å². The third-order valence-electron chi connectivity index (χ3n) is 4.13. The highest BCUT2D eigenvalue weighted by atomic mass is 35.5. The van der Waals surface area contributed by atoms with Crippen molar-refractivity contribution in [3.63, 3.8) is 0 Å². The lowest BCUT2D eigenvalue weighted by Gasteiger charge is -2.28. The van der Waals surface area contributed by atoms with Crippen LogP contribution in [0.3, 0.4) is 0 Å². The van der Waals surface area contributed by atoms with Crippen molar-refractivity contribution in [2.75, 3.05) is 0 Å². The van der Waals surface area contributed by atoms with Crippen LogP contribution in [0, 0.1) is 5.92 Å². The van der Waals surface area contributed by atoms with Crippen LogP contribution in [0.15, 0.2) is 12.1 Å². The molecule has 0 saturated carbocycles. The number of carbonyl (C=O) groups is 1. The number of hydrogen-bond acceptors (Lipinski definition) is 3. The molecule has 2 unspecified atom stereocenters. The summed E-state index contributed by atoms with van der Waals surface area (Å²) >= 11 is 7.40. The van der Waals surface area contributed by atoms with Gasteiger partial charge >= 0.3 is 0 Å². The van der Waals surface area contributed by atoms with Gasteiger partial charge in [0, 0.05) is 23.4 Å². The topological polar surface area (TPSA) is 41.1 Å². The molecule has 2 aliphatic rings. The van der Waals surface area contributed by atoms with Gasteiger partial charge in [-0.2, -0.15) is 0 Å². The van der Waals surface area contributed by atoms with E-state index in [4.69, 9.17) is 11.6 Å². The van der Waals surface area contributed by atoms with E-state index < -0.39 is 0 Å². The van der Waals surface area contributed by atoms with Crippen molar-refractivity contribution in [3.8, 4) is 0 Å². The minimum atomic E-state index is 0. The average molecular weight is 335 g/mol. The first kappa shape index (κ1) is 16.1. The van der Waals surface area contributed by atoms with Crippen molar-refractivity contribution in [2.24, 2.45) is 5.92 Å². The van der Waals surface area contributed by atoms with Crippen LogP contribution in [0.4, 0.5) is 0 Å². The van der Waals surface area contributed by atoms with Crippen LogP contribution in [0.2, 0.25) is 4.34 Å². The van der Waals surface area contributed by atoms with Crippen molar-refractivity contribution in [3.05, 3.63) is 21.3 Å². The van der Waals surface area contributed by atoms with E-state index in [-0.39, 0.29) is 18.3 Å². The molecule has 2 N–H and O–H groups in total. The largest absolute Gasteiger partial charge is 0.351 e. The van der Waals surface area contributed by atoms with Crippen LogP contribution in [0.5, 0.6) is 0 Å². The summed E-state index contributed by atoms with van der Waals surface area (Å²) in [6, 6.07) is 5.16. The molecular formula is C14H20Cl2N2OS. The number of halogens is 2. The Morgan fingerprint density at radius 2 is 2.05 bits per heavy atom. The molecule has 112 valence electrons. The second kappa shape index (κ2) is 7.12. The van der Waals surface area contributed by atoms with Crippen molar-refractivity contribution in [1.82, 2.24) is 10.6 Å². The lowest BCUT2D eigenvalue weighted by atomic mass is 9.89. The normalized spacial score (nSPS) is 27.9. The summed E-state index contributed by atoms with van der Waals surface area (Å²) in [5, 5.41) is 6.61. The van der Waals surface area contributed by atoms with Crippen LogP contribution in [0.25, 0.3) is 0 Å². The SMILES string of the molecule is Cl.O=C(CC1CC2CCC(C1)N2)NCc1ccc(Cl)s1. The van der Waals surface area contributed by atoms with E-state index in [1.807, 2.05) is 12.1 Å². The standard InChI is InChI=1S/C14H19ClN2OS.ClH/c15-13-4-3-12(19-13)8-16-14(18)7-9-5-10-1-2-11(6-9)17-10;/h3-4,9-11,17H,1-2,5-8H2,(H,16,18);1H. The molecule has 3 nitrogen and oxygen atoms in total. The fourth-order valence-electron chi connectivity index (χ4n) is 3.31. The highest BCUT2D eigenvalue weighted by molar-refractivity contribution is 7.16. The van der Waals surface area contributed by atoms with Gasteiger partial charge in [0.15, 0.2) is 0 Å². The molecule has 0 spiro atoms. The molecule has 0 aliphatic carbocycles. The predicted octanol–water partition coefficient (Wildman–Crippen LogP) is 3.36. The average Bonchev–Trinajstić information content (AvgIpc) is 2.93. The second-order valence-electron chi connectivity index (χ2n) is 5.66. The molecule has 3 rings (SSSR count). The number of rotatable bonds is 4. The molecule has 1 aromatic heterocycles. The summed E-state index contributed by atoms with van der Waals surface area (Å²) in [4.78, 5) is 13.1. The molecule has 2 bridgehead atoms. The Morgan fingerprint density at radius 1 is 1.35 bits per heavy atom. The number of fused-ring (bicyclic) bond motifs is 2. The van der Waals surface area contributed by atoms with Crippen molar-refractivity contribution < 1.29 is 4.79 Å². The van der Waals surface area contributed by atoms with Gasteiger partial charge in [0.1, 0.15) is 0 Å². The van der Waals surface area contributed by atoms with E-state index in [1.54, 1.807) is 0 Å². The maximum atomic E-state index is 12.0. The fourth-order valence-corrected chi connectivity index (χ4v) is 4.34. The van der Waals surface area contributed by atoms with Gasteiger partial charge in [-0.3, -0.25) is 4.79 Å². The van der Waals surface area contributed by atoms with E-state index in [0.29, 0.717) is 31.0 Å². The van der Waals surface area contributed by atoms with Gasteiger partial charge in [-0.05, 0) is 43.7 Å². The maximum Gasteiger partial charge on any atom is 0.220 e. The summed E-state index contributed by atoms with van der Waals surface area (Å²) in [5.74, 6) is 0.737. The molecule has 6 heteroatoms. The van der Waals surface area contributed by atoms with Crippen LogP contribution in [0.1, 0.15) is 37.0 Å². The monoisotopic (exact) mass is 334 g/mol. The molecular weight excluding hydrogens is 315 g/mol. The van der Waals surface area contributed by atoms with Gasteiger partial charge in [-0.25, -0.2) is 0 Å². The van der Waals surface area contributed by atoms with E-state index in [1.165, 1.54) is 24.2 Å². The first-order chi connectivity index (χ1) is 9.19. The number of carbonyl (C=O) groups excluding carboxylic acids is 1. The van der Waals surface area contributed by atoms with Gasteiger partial charge in [0.25, 0.3) is 0 Å². The number of amides is 1. The van der Waals surface area contributed by atoms with Gasteiger partial charge < -0.3 is 10.6 Å². The second-order valence-corrected chi connectivity index (χ2v) is 7.46. The van der Waals surface area contributed by atoms with Gasteiger partial charge in [0.2, 0.25) is 5.91 Å². The van der Waals surface area contributed by atoms with Gasteiger partial charge in [-0.15, -0.1) is 23.7 Å². The molecule has 1 aromatic rings. The molecule has 2 fully saturated rings. The van der Waals surface area contributed by atoms with Crippen LogP contribution in [-0.2, 0) is 11.3 Å². The Balaban J connectivity index is 0.00000147. The first-order valence-corrected chi connectivity index (χ1v) is 8.15. The Kier molecular flexibility index (Phi) is 5.73. The highest BCUT2D eigenvalue weighted by Crippen LogP contribution is 2.32. The van der Waals surface area contributed by atoms with Crippen molar-refractivity contribution in [2.45, 2.75) is 50.7 Å². The Labute approximate surface area is 134 Å². The van der Waals surface area contributed by atoms with Gasteiger partial charge in [-0.1, -0.05) is 11.6 Å². The summed E-state index contributed by atoms with van der Waals surface area (Å²) in [6.45, 7) is 0.605. The highest BCUT2D eigenvalue weighted by Gasteiger charge is 2.34. The van der Waals surface area contributed by atoms with E-state index in [0.717, 1.165) is 22.1 Å². The molecule has 3 heterocycles. The van der Waals surface area contributed by atoms with Crippen LogP contribution < -0.4 is 10.6 Å². The minimum Gasteiger partial charge on any atom is -0.351 e. The molecule has 1 amide bonds. The summed E-state index contributed by atoms with van der Waals surface area (Å²) in [7, 11) is 0. The summed E-state index contributed by atoms with van der Waals surface area (Å²) in [5.41, 5.74) is 0. The Morgan fingerprint density at radius 3 is 2.65 bits per heavy atom. The van der Waals surface area contributed by atoms with Crippen molar-refractivity contribution >= 4 is 41.3 Å². The zero-order valence-electron chi connectivity index (χ0n) is 11.2. The molecule has 0 radical (unpaired) electrons. The minimum absolute atomic E-state index is 0. The number of thiophene rings is 1. The van der Waals surface area contributed by atoms with E-state index >= 15 is 0 Å². The fraction of sp³-hybridized carbons (Fsp3) is 0.643. The third kappa shape index (κ3) is 4.10. The molecule has 2 saturated heterocycles. The number of nitrogens with one attached hydrogen (secondary N) is 2. The van der Waals surface area contributed by atoms with Crippen LogP contribution >= 0.6 is 35.3 Å². The third-order valence-corrected chi connectivity index (χ3v) is 5.36. The molecule has 2 atom stereocenters. The lowest BCUT2D eigenvalue weighted by Crippen LogP contribution is -2.39. The molecule has 2 aliphatic heterocycles. The number of hydrogen-bond donors (Lipinski definition) is 2. The predicted molar refractivity (Wildman–Crippen MR) is 85.7 cm³/mol. The zero-order valence-corrected chi connectivity index (χ0v) is 13.6. The van der Waals surface area contributed by atoms with Gasteiger partial charge in [0.05, 0.1) is 10.9 Å². The Hall–Kier alpha value is -0.290. The van der Waals surface area contributed by atoms with Crippen LogP contribution in [-0.4, -0.2) is 18.0 Å². The molecule has 0 aromatic carbocycles. The zero-order chi connectivity index (χ0) is 13.2. The maximum absolute atomic E-state index is 12.0. The summed E-state index contributed by atoms with van der Waals surface area (Å²) in [6.07, 6.45) is 5.57. The first-order valence-electron chi connectivity index (χ1n) is 6.96. The van der Waals surface area contributed by atoms with Crippen molar-refractivity contribution in [1.29, 1.82) is 0 Å². The lowest BCUT2D eigenvalue weighted by molar-refractivity contribution is -0.122.